The fourth-order valence-corrected chi connectivity index (χ4v) is 3.30. The van der Waals surface area contributed by atoms with E-state index in [0.717, 1.165) is 30.3 Å². The predicted octanol–water partition coefficient (Wildman–Crippen LogP) is 3.34. The van der Waals surface area contributed by atoms with Gasteiger partial charge in [-0.15, -0.1) is 0 Å². The number of amides is 2. The Hall–Kier alpha value is -4.09. The van der Waals surface area contributed by atoms with Gasteiger partial charge in [-0.2, -0.15) is 18.3 Å². The Morgan fingerprint density at radius 2 is 1.91 bits per heavy atom. The number of anilines is 2. The molecule has 0 aliphatic carbocycles. The van der Waals surface area contributed by atoms with E-state index in [9.17, 15) is 27.2 Å². The number of rotatable bonds is 4. The molecule has 1 aliphatic heterocycles. The van der Waals surface area contributed by atoms with E-state index >= 15 is 0 Å². The summed E-state index contributed by atoms with van der Waals surface area (Å²) in [5.41, 5.74) is 1.97. The van der Waals surface area contributed by atoms with Crippen LogP contribution >= 0.6 is 0 Å². The summed E-state index contributed by atoms with van der Waals surface area (Å²) in [6, 6.07) is 9.53. The number of nitrogen functional groups attached to an aromatic ring is 1. The van der Waals surface area contributed by atoms with Gasteiger partial charge < -0.3 is 15.8 Å². The monoisotopic (exact) mass is 449 g/mol. The zero-order valence-electron chi connectivity index (χ0n) is 16.1. The number of benzene rings is 2. The number of hydrogen-bond donors (Lipinski definition) is 3. The van der Waals surface area contributed by atoms with Crippen molar-refractivity contribution in [2.45, 2.75) is 11.8 Å². The number of hydrogen-bond acceptors (Lipinski definition) is 5. The van der Waals surface area contributed by atoms with Crippen molar-refractivity contribution in [2.24, 2.45) is 0 Å². The second kappa shape index (κ2) is 7.55. The molecule has 1 atom stereocenters. The van der Waals surface area contributed by atoms with Gasteiger partial charge in [0.05, 0.1) is 17.9 Å². The molecule has 0 spiro atoms. The minimum atomic E-state index is -5.10. The zero-order chi connectivity index (χ0) is 23.1. The summed E-state index contributed by atoms with van der Waals surface area (Å²) in [5.74, 6) is -1.36. The van der Waals surface area contributed by atoms with Crippen LogP contribution in [0.3, 0.4) is 0 Å². The minimum Gasteiger partial charge on any atom is -0.426 e. The smallest absolute Gasteiger partial charge is 0.426 e. The molecule has 0 radical (unpaired) electrons. The second-order valence-corrected chi connectivity index (χ2v) is 6.94. The molecule has 1 aliphatic rings. The van der Waals surface area contributed by atoms with Crippen molar-refractivity contribution < 1.29 is 31.9 Å². The number of ether oxygens (including phenoxy) is 1. The van der Waals surface area contributed by atoms with E-state index in [4.69, 9.17) is 10.5 Å². The van der Waals surface area contributed by atoms with Crippen LogP contribution in [-0.2, 0) is 10.3 Å². The first-order chi connectivity index (χ1) is 15.1. The number of alkyl halides is 3. The van der Waals surface area contributed by atoms with E-state index in [-0.39, 0.29) is 22.8 Å². The topological polar surface area (TPSA) is 111 Å². The van der Waals surface area contributed by atoms with Gasteiger partial charge in [0.25, 0.3) is 11.5 Å². The van der Waals surface area contributed by atoms with Gasteiger partial charge in [0.15, 0.2) is 0 Å². The summed E-state index contributed by atoms with van der Waals surface area (Å²) >= 11 is 0. The van der Waals surface area contributed by atoms with Crippen LogP contribution in [0, 0.1) is 5.82 Å². The first-order valence-electron chi connectivity index (χ1n) is 9.16. The van der Waals surface area contributed by atoms with E-state index in [1.54, 1.807) is 0 Å². The van der Waals surface area contributed by atoms with Crippen molar-refractivity contribution in [3.8, 4) is 5.69 Å². The molecular formula is C20H15F4N5O3. The second-order valence-electron chi connectivity index (χ2n) is 6.94. The van der Waals surface area contributed by atoms with E-state index in [1.165, 1.54) is 29.1 Å². The molecule has 166 valence electrons. The average Bonchev–Trinajstić information content (AvgIpc) is 3.17. The molecular weight excluding hydrogens is 434 g/mol. The molecule has 8 nitrogen and oxygen atoms in total. The Labute approximate surface area is 178 Å². The number of nitrogens with zero attached hydrogens (tertiary/aromatic N) is 2. The molecule has 3 aromatic rings. The molecule has 4 rings (SSSR count). The fraction of sp³-hybridized carbons (Fsp3) is 0.150. The fourth-order valence-electron chi connectivity index (χ4n) is 3.30. The van der Waals surface area contributed by atoms with E-state index in [0.29, 0.717) is 0 Å². The SMILES string of the molecule is Nc1ccn(-c2ccc3c(c2)C(CNC(=O)c2ccc(F)cc2)(C(F)(F)F)OC(=O)N3)n1. The van der Waals surface area contributed by atoms with E-state index in [1.807, 2.05) is 0 Å². The Bertz CT molecular complexity index is 1190. The molecule has 2 amide bonds. The molecule has 1 aromatic heterocycles. The molecule has 4 N–H and O–H groups in total. The number of nitrogens with two attached hydrogens (primary N) is 1. The summed E-state index contributed by atoms with van der Waals surface area (Å²) in [6.45, 7) is -1.11. The van der Waals surface area contributed by atoms with Gasteiger partial charge in [-0.1, -0.05) is 0 Å². The molecule has 1 unspecified atom stereocenters. The van der Waals surface area contributed by atoms with Crippen LogP contribution in [0.2, 0.25) is 0 Å². The maximum absolute atomic E-state index is 14.3. The molecule has 0 saturated heterocycles. The number of aromatic nitrogens is 2. The van der Waals surface area contributed by atoms with Crippen molar-refractivity contribution >= 4 is 23.5 Å². The highest BCUT2D eigenvalue weighted by Gasteiger charge is 2.62. The lowest BCUT2D eigenvalue weighted by atomic mass is 9.89. The standard InChI is InChI=1S/C20H15F4N5O3/c21-12-3-1-11(2-4-12)17(30)26-10-19(20(22,23)24)14-9-13(29-8-7-16(25)28-29)5-6-15(14)27-18(31)32-19/h1-9H,10H2,(H2,25,28)(H,26,30)(H,27,31). The minimum absolute atomic E-state index is 0.0648. The third kappa shape index (κ3) is 3.70. The lowest BCUT2D eigenvalue weighted by molar-refractivity contribution is -0.261. The van der Waals surface area contributed by atoms with Crippen LogP contribution in [0.25, 0.3) is 5.69 Å². The van der Waals surface area contributed by atoms with Gasteiger partial charge in [0.1, 0.15) is 11.6 Å². The lowest BCUT2D eigenvalue weighted by Gasteiger charge is -2.39. The van der Waals surface area contributed by atoms with Gasteiger partial charge >= 0.3 is 12.3 Å². The molecule has 32 heavy (non-hydrogen) atoms. The van der Waals surface area contributed by atoms with E-state index < -0.39 is 41.7 Å². The number of cyclic esters (lactones) is 1. The number of carbonyl (C=O) groups is 2. The summed E-state index contributed by atoms with van der Waals surface area (Å²) < 4.78 is 62.1. The van der Waals surface area contributed by atoms with Crippen molar-refractivity contribution in [3.63, 3.8) is 0 Å². The first kappa shape index (κ1) is 21.2. The van der Waals surface area contributed by atoms with Crippen LogP contribution in [-0.4, -0.2) is 34.5 Å². The maximum atomic E-state index is 14.3. The highest BCUT2D eigenvalue weighted by atomic mass is 19.4. The number of fused-ring (bicyclic) bond motifs is 1. The predicted molar refractivity (Wildman–Crippen MR) is 105 cm³/mol. The number of nitrogens with one attached hydrogen (secondary N) is 2. The average molecular weight is 449 g/mol. The van der Waals surface area contributed by atoms with Crippen LogP contribution in [0.15, 0.2) is 54.7 Å². The summed E-state index contributed by atoms with van der Waals surface area (Å²) in [5, 5.41) is 8.32. The number of carbonyl (C=O) groups excluding carboxylic acids is 2. The van der Waals surface area contributed by atoms with Gasteiger partial charge in [0.2, 0.25) is 0 Å². The third-order valence-electron chi connectivity index (χ3n) is 4.88. The molecule has 0 bridgehead atoms. The highest BCUT2D eigenvalue weighted by molar-refractivity contribution is 5.94. The Morgan fingerprint density at radius 1 is 1.19 bits per heavy atom. The zero-order valence-corrected chi connectivity index (χ0v) is 16.1. The van der Waals surface area contributed by atoms with E-state index in [2.05, 4.69) is 15.7 Å². The van der Waals surface area contributed by atoms with Crippen molar-refractivity contribution in [3.05, 3.63) is 71.7 Å². The summed E-state index contributed by atoms with van der Waals surface area (Å²) in [4.78, 5) is 24.3. The van der Waals surface area contributed by atoms with Gasteiger partial charge in [0, 0.05) is 23.4 Å². The molecule has 2 aromatic carbocycles. The van der Waals surface area contributed by atoms with Crippen molar-refractivity contribution in [1.29, 1.82) is 0 Å². The van der Waals surface area contributed by atoms with Crippen LogP contribution in [0.1, 0.15) is 15.9 Å². The quantitative estimate of drug-likeness (QED) is 0.529. The lowest BCUT2D eigenvalue weighted by Crippen LogP contribution is -2.56. The Kier molecular flexibility index (Phi) is 4.99. The normalized spacial score (nSPS) is 17.8. The van der Waals surface area contributed by atoms with Crippen molar-refractivity contribution in [2.75, 3.05) is 17.6 Å². The molecule has 2 heterocycles. The molecule has 0 fully saturated rings. The van der Waals surface area contributed by atoms with Crippen molar-refractivity contribution in [1.82, 2.24) is 15.1 Å². The first-order valence-corrected chi connectivity index (χ1v) is 9.16. The van der Waals surface area contributed by atoms with Gasteiger partial charge in [-0.3, -0.25) is 10.1 Å². The summed E-state index contributed by atoms with van der Waals surface area (Å²) in [7, 11) is 0. The maximum Gasteiger partial charge on any atom is 0.434 e. The Morgan fingerprint density at radius 3 is 2.53 bits per heavy atom. The van der Waals surface area contributed by atoms with Crippen LogP contribution in [0.5, 0.6) is 0 Å². The highest BCUT2D eigenvalue weighted by Crippen LogP contribution is 2.47. The van der Waals surface area contributed by atoms with Gasteiger partial charge in [-0.25, -0.2) is 13.9 Å². The number of halogens is 4. The summed E-state index contributed by atoms with van der Waals surface area (Å²) in [6.07, 6.45) is -4.98. The Balaban J connectivity index is 1.75. The van der Waals surface area contributed by atoms with Crippen LogP contribution < -0.4 is 16.4 Å². The van der Waals surface area contributed by atoms with Gasteiger partial charge in [-0.05, 0) is 42.5 Å². The van der Waals surface area contributed by atoms with Crippen LogP contribution in [0.4, 0.5) is 33.9 Å². The molecule has 12 heteroatoms. The molecule has 0 saturated carbocycles. The third-order valence-corrected chi connectivity index (χ3v) is 4.88. The largest absolute Gasteiger partial charge is 0.434 e.